The number of nitrogens with two attached hydrogens (primary N) is 1. The summed E-state index contributed by atoms with van der Waals surface area (Å²) in [7, 11) is 0. The third-order valence-corrected chi connectivity index (χ3v) is 2.86. The third-order valence-electron chi connectivity index (χ3n) is 2.86. The highest BCUT2D eigenvalue weighted by atomic mass is 16.4. The first-order chi connectivity index (χ1) is 9.00. The first-order valence-corrected chi connectivity index (χ1v) is 5.74. The van der Waals surface area contributed by atoms with Crippen LogP contribution < -0.4 is 5.73 Å². The molecule has 0 spiro atoms. The van der Waals surface area contributed by atoms with Gasteiger partial charge in [0, 0.05) is 16.8 Å². The van der Waals surface area contributed by atoms with Crippen LogP contribution in [0.1, 0.15) is 31.8 Å². The van der Waals surface area contributed by atoms with Crippen LogP contribution in [0.25, 0.3) is 0 Å². The zero-order valence-electron chi connectivity index (χ0n) is 10.4. The molecule has 0 aromatic heterocycles. The van der Waals surface area contributed by atoms with Gasteiger partial charge in [-0.25, -0.2) is 4.79 Å². The molecule has 0 saturated heterocycles. The Morgan fingerprint density at radius 2 is 1.63 bits per heavy atom. The molecule has 0 atom stereocenters. The van der Waals surface area contributed by atoms with E-state index in [2.05, 4.69) is 0 Å². The van der Waals surface area contributed by atoms with Crippen molar-refractivity contribution in [1.82, 2.24) is 0 Å². The van der Waals surface area contributed by atoms with E-state index < -0.39 is 5.97 Å². The second kappa shape index (κ2) is 4.94. The molecule has 2 rings (SSSR count). The topological polar surface area (TPSA) is 80.4 Å². The average Bonchev–Trinajstić information content (AvgIpc) is 2.40. The van der Waals surface area contributed by atoms with Gasteiger partial charge >= 0.3 is 5.97 Å². The Labute approximate surface area is 110 Å². The minimum Gasteiger partial charge on any atom is -0.478 e. The molecular weight excluding hydrogens is 242 g/mol. The summed E-state index contributed by atoms with van der Waals surface area (Å²) < 4.78 is 0. The molecule has 0 aliphatic rings. The van der Waals surface area contributed by atoms with E-state index in [0.717, 1.165) is 5.56 Å². The first-order valence-electron chi connectivity index (χ1n) is 5.74. The fraction of sp³-hybridized carbons (Fsp3) is 0.0667. The maximum atomic E-state index is 12.4. The van der Waals surface area contributed by atoms with Gasteiger partial charge in [0.1, 0.15) is 0 Å². The number of aryl methyl sites for hydroxylation is 1. The molecule has 0 unspecified atom stereocenters. The van der Waals surface area contributed by atoms with Crippen LogP contribution in [0, 0.1) is 6.92 Å². The van der Waals surface area contributed by atoms with E-state index in [1.807, 2.05) is 6.92 Å². The molecule has 0 bridgehead atoms. The van der Waals surface area contributed by atoms with Crippen LogP contribution in [-0.4, -0.2) is 16.9 Å². The lowest BCUT2D eigenvalue weighted by Gasteiger charge is -2.08. The number of nitrogen functional groups attached to an aromatic ring is 1. The minimum atomic E-state index is -1.13. The quantitative estimate of drug-likeness (QED) is 0.652. The largest absolute Gasteiger partial charge is 0.478 e. The fourth-order valence-electron chi connectivity index (χ4n) is 1.88. The van der Waals surface area contributed by atoms with E-state index in [9.17, 15) is 9.59 Å². The summed E-state index contributed by atoms with van der Waals surface area (Å²) in [4.78, 5) is 23.5. The molecule has 0 aliphatic heterocycles. The summed E-state index contributed by atoms with van der Waals surface area (Å²) in [6.45, 7) is 1.85. The lowest BCUT2D eigenvalue weighted by molar-refractivity contribution is 0.0693. The molecule has 2 aromatic rings. The number of carbonyl (C=O) groups is 2. The van der Waals surface area contributed by atoms with Crippen molar-refractivity contribution >= 4 is 17.4 Å². The molecule has 0 aliphatic carbocycles. The van der Waals surface area contributed by atoms with E-state index in [4.69, 9.17) is 10.8 Å². The molecule has 19 heavy (non-hydrogen) atoms. The van der Waals surface area contributed by atoms with Crippen molar-refractivity contribution in [3.63, 3.8) is 0 Å². The maximum absolute atomic E-state index is 12.4. The molecule has 0 amide bonds. The van der Waals surface area contributed by atoms with E-state index in [0.29, 0.717) is 11.3 Å². The number of carboxylic acid groups (broad SMARTS) is 1. The van der Waals surface area contributed by atoms with Crippen LogP contribution in [0.15, 0.2) is 42.5 Å². The summed E-state index contributed by atoms with van der Waals surface area (Å²) in [5, 5.41) is 9.10. The summed E-state index contributed by atoms with van der Waals surface area (Å²) in [6.07, 6.45) is 0. The molecule has 0 heterocycles. The van der Waals surface area contributed by atoms with Gasteiger partial charge in [-0.3, -0.25) is 4.79 Å². The van der Waals surface area contributed by atoms with Gasteiger partial charge in [-0.15, -0.1) is 0 Å². The predicted molar refractivity (Wildman–Crippen MR) is 72.4 cm³/mol. The third kappa shape index (κ3) is 2.47. The number of hydrogen-bond donors (Lipinski definition) is 2. The normalized spacial score (nSPS) is 10.2. The maximum Gasteiger partial charge on any atom is 0.336 e. The van der Waals surface area contributed by atoms with Gasteiger partial charge in [-0.1, -0.05) is 29.8 Å². The van der Waals surface area contributed by atoms with Crippen molar-refractivity contribution in [2.45, 2.75) is 6.92 Å². The summed E-state index contributed by atoms with van der Waals surface area (Å²) >= 11 is 0. The number of anilines is 1. The molecule has 4 heteroatoms. The van der Waals surface area contributed by atoms with Gasteiger partial charge in [-0.05, 0) is 25.1 Å². The lowest BCUT2D eigenvalue weighted by Crippen LogP contribution is -2.11. The number of carbonyl (C=O) groups excluding carboxylic acids is 1. The smallest absolute Gasteiger partial charge is 0.336 e. The van der Waals surface area contributed by atoms with Gasteiger partial charge in [-0.2, -0.15) is 0 Å². The first kappa shape index (κ1) is 12.8. The Morgan fingerprint density at radius 1 is 1.00 bits per heavy atom. The monoisotopic (exact) mass is 255 g/mol. The molecule has 3 N–H and O–H groups in total. The average molecular weight is 255 g/mol. The van der Waals surface area contributed by atoms with Crippen molar-refractivity contribution in [3.05, 3.63) is 64.7 Å². The van der Waals surface area contributed by atoms with Gasteiger partial charge in [0.15, 0.2) is 5.78 Å². The van der Waals surface area contributed by atoms with Crippen LogP contribution in [0.4, 0.5) is 5.69 Å². The number of ketones is 1. The van der Waals surface area contributed by atoms with E-state index in [1.54, 1.807) is 30.3 Å². The lowest BCUT2D eigenvalue weighted by atomic mass is 9.96. The number of hydrogen-bond acceptors (Lipinski definition) is 3. The Balaban J connectivity index is 2.56. The molecule has 0 saturated carbocycles. The minimum absolute atomic E-state index is 0.0200. The number of carboxylic acids is 1. The van der Waals surface area contributed by atoms with Crippen LogP contribution in [0.5, 0.6) is 0 Å². The molecule has 2 aromatic carbocycles. The number of benzene rings is 2. The zero-order valence-corrected chi connectivity index (χ0v) is 10.4. The number of aromatic carboxylic acids is 1. The van der Waals surface area contributed by atoms with Crippen molar-refractivity contribution < 1.29 is 14.7 Å². The zero-order chi connectivity index (χ0) is 14.0. The van der Waals surface area contributed by atoms with E-state index in [-0.39, 0.29) is 16.9 Å². The summed E-state index contributed by atoms with van der Waals surface area (Å²) in [6, 6.07) is 11.2. The van der Waals surface area contributed by atoms with Crippen molar-refractivity contribution in [2.24, 2.45) is 0 Å². The van der Waals surface area contributed by atoms with Crippen LogP contribution in [0.2, 0.25) is 0 Å². The second-order valence-corrected chi connectivity index (χ2v) is 4.27. The van der Waals surface area contributed by atoms with Crippen LogP contribution in [0.3, 0.4) is 0 Å². The number of rotatable bonds is 3. The molecule has 4 nitrogen and oxygen atoms in total. The Hall–Kier alpha value is -2.62. The van der Waals surface area contributed by atoms with Crippen molar-refractivity contribution in [3.8, 4) is 0 Å². The Kier molecular flexibility index (Phi) is 3.33. The highest BCUT2D eigenvalue weighted by Crippen LogP contribution is 2.20. The van der Waals surface area contributed by atoms with Crippen molar-refractivity contribution in [2.75, 3.05) is 5.73 Å². The molecule has 96 valence electrons. The molecule has 0 radical (unpaired) electrons. The standard InChI is InChI=1S/C15H13NO3/c1-9-6-7-13(16)12(8-9)14(17)10-4-2-3-5-11(10)15(18)19/h2-8H,16H2,1H3,(H,18,19). The fourth-order valence-corrected chi connectivity index (χ4v) is 1.88. The summed E-state index contributed by atoms with van der Waals surface area (Å²) in [5.41, 5.74) is 7.48. The van der Waals surface area contributed by atoms with Gasteiger partial charge in [0.05, 0.1) is 5.56 Å². The van der Waals surface area contributed by atoms with Crippen molar-refractivity contribution in [1.29, 1.82) is 0 Å². The SMILES string of the molecule is Cc1ccc(N)c(C(=O)c2ccccc2C(=O)O)c1. The highest BCUT2D eigenvalue weighted by molar-refractivity contribution is 6.16. The van der Waals surface area contributed by atoms with Gasteiger partial charge in [0.2, 0.25) is 0 Å². The van der Waals surface area contributed by atoms with Crippen LogP contribution in [-0.2, 0) is 0 Å². The Bertz CT molecular complexity index is 662. The van der Waals surface area contributed by atoms with E-state index >= 15 is 0 Å². The van der Waals surface area contributed by atoms with Gasteiger partial charge in [0.25, 0.3) is 0 Å². The van der Waals surface area contributed by atoms with Gasteiger partial charge < -0.3 is 10.8 Å². The predicted octanol–water partition coefficient (Wildman–Crippen LogP) is 2.51. The molecule has 0 fully saturated rings. The second-order valence-electron chi connectivity index (χ2n) is 4.27. The van der Waals surface area contributed by atoms with Crippen LogP contribution >= 0.6 is 0 Å². The summed E-state index contributed by atoms with van der Waals surface area (Å²) in [5.74, 6) is -1.51. The highest BCUT2D eigenvalue weighted by Gasteiger charge is 2.19. The Morgan fingerprint density at radius 3 is 2.26 bits per heavy atom. The molecular formula is C15H13NO3. The van der Waals surface area contributed by atoms with E-state index in [1.165, 1.54) is 12.1 Å².